The molecule has 0 saturated heterocycles. The summed E-state index contributed by atoms with van der Waals surface area (Å²) in [6.07, 6.45) is 2.79. The highest BCUT2D eigenvalue weighted by molar-refractivity contribution is 5.68. The van der Waals surface area contributed by atoms with Gasteiger partial charge in [0.25, 0.3) is 0 Å². The van der Waals surface area contributed by atoms with Crippen molar-refractivity contribution in [2.45, 2.75) is 64.3 Å². The lowest BCUT2D eigenvalue weighted by Gasteiger charge is -2.25. The Balaban J connectivity index is 1.88. The van der Waals surface area contributed by atoms with E-state index in [1.807, 2.05) is 39.0 Å². The molecule has 2 atom stereocenters. The fourth-order valence-corrected chi connectivity index (χ4v) is 2.93. The lowest BCUT2D eigenvalue weighted by molar-refractivity contribution is 0.0498. The lowest BCUT2D eigenvalue weighted by atomic mass is 10.1. The minimum absolute atomic E-state index is 0.111. The first kappa shape index (κ1) is 17.6. The molecule has 0 spiro atoms. The summed E-state index contributed by atoms with van der Waals surface area (Å²) in [6.45, 7) is 6.34. The topological polar surface area (TPSA) is 59.6 Å². The summed E-state index contributed by atoms with van der Waals surface area (Å²) in [5.41, 5.74) is 0.654. The van der Waals surface area contributed by atoms with Crippen LogP contribution in [0.1, 0.15) is 45.6 Å². The summed E-state index contributed by atoms with van der Waals surface area (Å²) >= 11 is 0. The van der Waals surface area contributed by atoms with Gasteiger partial charge in [-0.05, 0) is 46.1 Å². The number of methoxy groups -OCH3 is 1. The summed E-state index contributed by atoms with van der Waals surface area (Å²) in [5.74, 6) is 0.884. The van der Waals surface area contributed by atoms with E-state index >= 15 is 0 Å². The van der Waals surface area contributed by atoms with E-state index in [1.165, 1.54) is 0 Å². The third-order valence-corrected chi connectivity index (χ3v) is 3.97. The number of ether oxygens (including phenoxy) is 2. The van der Waals surface area contributed by atoms with Gasteiger partial charge in [0.05, 0.1) is 7.11 Å². The number of hydrogen-bond donors (Lipinski definition) is 2. The molecule has 1 aromatic carbocycles. The second-order valence-corrected chi connectivity index (χ2v) is 6.98. The molecule has 1 aliphatic carbocycles. The Morgan fingerprint density at radius 1 is 1.22 bits per heavy atom. The minimum atomic E-state index is -0.469. The molecule has 2 rings (SSSR count). The van der Waals surface area contributed by atoms with Crippen molar-refractivity contribution in [1.29, 1.82) is 0 Å². The Bertz CT molecular complexity index is 525. The van der Waals surface area contributed by atoms with E-state index in [9.17, 15) is 4.79 Å². The van der Waals surface area contributed by atoms with Crippen LogP contribution in [0, 0.1) is 0 Å². The molecule has 2 unspecified atom stereocenters. The van der Waals surface area contributed by atoms with Crippen molar-refractivity contribution in [3.8, 4) is 5.75 Å². The van der Waals surface area contributed by atoms with Crippen molar-refractivity contribution < 1.29 is 14.3 Å². The maximum atomic E-state index is 12.0. The van der Waals surface area contributed by atoms with Crippen LogP contribution in [-0.2, 0) is 11.3 Å². The number of benzene rings is 1. The van der Waals surface area contributed by atoms with Crippen molar-refractivity contribution in [3.63, 3.8) is 0 Å². The molecule has 1 aromatic rings. The highest BCUT2D eigenvalue weighted by atomic mass is 16.6. The maximum absolute atomic E-state index is 12.0. The summed E-state index contributed by atoms with van der Waals surface area (Å²) in [6, 6.07) is 8.35. The number of carbonyl (C=O) groups is 1. The second kappa shape index (κ2) is 7.68. The molecule has 5 nitrogen and oxygen atoms in total. The zero-order valence-electron chi connectivity index (χ0n) is 14.5. The molecule has 23 heavy (non-hydrogen) atoms. The average molecular weight is 320 g/mol. The van der Waals surface area contributed by atoms with Crippen molar-refractivity contribution in [2.24, 2.45) is 0 Å². The number of nitrogens with one attached hydrogen (secondary N) is 2. The van der Waals surface area contributed by atoms with Crippen LogP contribution in [0.2, 0.25) is 0 Å². The van der Waals surface area contributed by atoms with Gasteiger partial charge in [0.2, 0.25) is 0 Å². The standard InChI is InChI=1S/C18H28N2O3/c1-18(2,3)23-17(21)20-15-10-7-9-14(15)19-12-13-8-5-6-11-16(13)22-4/h5-6,8,11,14-15,19H,7,9-10,12H2,1-4H3,(H,20,21). The van der Waals surface area contributed by atoms with Gasteiger partial charge in [-0.25, -0.2) is 4.79 Å². The van der Waals surface area contributed by atoms with Crippen LogP contribution in [0.25, 0.3) is 0 Å². The largest absolute Gasteiger partial charge is 0.496 e. The Morgan fingerprint density at radius 2 is 1.91 bits per heavy atom. The summed E-state index contributed by atoms with van der Waals surface area (Å²) in [7, 11) is 1.68. The molecule has 1 aliphatic rings. The van der Waals surface area contributed by atoms with Gasteiger partial charge in [-0.15, -0.1) is 0 Å². The fourth-order valence-electron chi connectivity index (χ4n) is 2.93. The minimum Gasteiger partial charge on any atom is -0.496 e. The molecule has 0 bridgehead atoms. The number of amides is 1. The van der Waals surface area contributed by atoms with Crippen LogP contribution in [0.4, 0.5) is 4.79 Å². The van der Waals surface area contributed by atoms with Crippen LogP contribution in [-0.4, -0.2) is 30.9 Å². The first-order chi connectivity index (χ1) is 10.9. The summed E-state index contributed by atoms with van der Waals surface area (Å²) < 4.78 is 10.7. The Labute approximate surface area is 138 Å². The van der Waals surface area contributed by atoms with Gasteiger partial charge in [0, 0.05) is 24.2 Å². The molecule has 0 aliphatic heterocycles. The Hall–Kier alpha value is -1.75. The predicted octanol–water partition coefficient (Wildman–Crippen LogP) is 3.23. The summed E-state index contributed by atoms with van der Waals surface area (Å²) in [4.78, 5) is 12.0. The van der Waals surface area contributed by atoms with E-state index in [-0.39, 0.29) is 18.2 Å². The SMILES string of the molecule is COc1ccccc1CNC1CCCC1NC(=O)OC(C)(C)C. The molecule has 0 aromatic heterocycles. The molecule has 0 radical (unpaired) electrons. The molecule has 5 heteroatoms. The van der Waals surface area contributed by atoms with Crippen LogP contribution in [0.3, 0.4) is 0 Å². The van der Waals surface area contributed by atoms with E-state index in [1.54, 1.807) is 7.11 Å². The van der Waals surface area contributed by atoms with Gasteiger partial charge in [-0.2, -0.15) is 0 Å². The van der Waals surface area contributed by atoms with Gasteiger partial charge in [0.1, 0.15) is 11.4 Å². The van der Waals surface area contributed by atoms with Crippen molar-refractivity contribution in [2.75, 3.05) is 7.11 Å². The molecule has 1 amide bonds. The van der Waals surface area contributed by atoms with Crippen LogP contribution in [0.5, 0.6) is 5.75 Å². The van der Waals surface area contributed by atoms with Crippen molar-refractivity contribution in [3.05, 3.63) is 29.8 Å². The first-order valence-electron chi connectivity index (χ1n) is 8.24. The van der Waals surface area contributed by atoms with Gasteiger partial charge in [0.15, 0.2) is 0 Å². The number of carbonyl (C=O) groups excluding carboxylic acids is 1. The van der Waals surface area contributed by atoms with Crippen LogP contribution in [0.15, 0.2) is 24.3 Å². The van der Waals surface area contributed by atoms with Gasteiger partial charge < -0.3 is 20.1 Å². The third kappa shape index (κ3) is 5.43. The molecular weight excluding hydrogens is 292 g/mol. The Kier molecular flexibility index (Phi) is 5.88. The number of hydrogen-bond acceptors (Lipinski definition) is 4. The molecule has 128 valence electrons. The summed E-state index contributed by atoms with van der Waals surface area (Å²) in [5, 5.41) is 6.54. The van der Waals surface area contributed by atoms with E-state index in [4.69, 9.17) is 9.47 Å². The van der Waals surface area contributed by atoms with Crippen molar-refractivity contribution in [1.82, 2.24) is 10.6 Å². The normalized spacial score (nSPS) is 21.0. The third-order valence-electron chi connectivity index (χ3n) is 3.97. The van der Waals surface area contributed by atoms with Crippen LogP contribution >= 0.6 is 0 Å². The second-order valence-electron chi connectivity index (χ2n) is 6.98. The van der Waals surface area contributed by atoms with E-state index < -0.39 is 5.60 Å². The molecule has 1 fully saturated rings. The molecular formula is C18H28N2O3. The van der Waals surface area contributed by atoms with Gasteiger partial charge in [-0.3, -0.25) is 0 Å². The van der Waals surface area contributed by atoms with E-state index in [0.29, 0.717) is 0 Å². The monoisotopic (exact) mass is 320 g/mol. The first-order valence-corrected chi connectivity index (χ1v) is 8.24. The predicted molar refractivity (Wildman–Crippen MR) is 90.6 cm³/mol. The van der Waals surface area contributed by atoms with Gasteiger partial charge >= 0.3 is 6.09 Å². The zero-order chi connectivity index (χ0) is 16.9. The maximum Gasteiger partial charge on any atom is 0.407 e. The fraction of sp³-hybridized carbons (Fsp3) is 0.611. The molecule has 2 N–H and O–H groups in total. The van der Waals surface area contributed by atoms with E-state index in [2.05, 4.69) is 16.7 Å². The highest BCUT2D eigenvalue weighted by Crippen LogP contribution is 2.22. The average Bonchev–Trinajstić information content (AvgIpc) is 2.90. The smallest absolute Gasteiger partial charge is 0.407 e. The molecule has 0 heterocycles. The van der Waals surface area contributed by atoms with Gasteiger partial charge in [-0.1, -0.05) is 18.2 Å². The van der Waals surface area contributed by atoms with E-state index in [0.717, 1.165) is 37.1 Å². The zero-order valence-corrected chi connectivity index (χ0v) is 14.5. The Morgan fingerprint density at radius 3 is 2.61 bits per heavy atom. The van der Waals surface area contributed by atoms with Crippen molar-refractivity contribution >= 4 is 6.09 Å². The van der Waals surface area contributed by atoms with Crippen LogP contribution < -0.4 is 15.4 Å². The lowest BCUT2D eigenvalue weighted by Crippen LogP contribution is -2.47. The molecule has 1 saturated carbocycles. The number of para-hydroxylation sites is 1. The quantitative estimate of drug-likeness (QED) is 0.874. The number of alkyl carbamates (subject to hydrolysis) is 1. The number of rotatable bonds is 5. The highest BCUT2D eigenvalue weighted by Gasteiger charge is 2.29.